The monoisotopic (exact) mass is 919 g/mol. The van der Waals surface area contributed by atoms with Crippen LogP contribution in [0.4, 0.5) is 23.0 Å². The Morgan fingerprint density at radius 3 is 2.53 bits per heavy atom. The van der Waals surface area contributed by atoms with E-state index in [2.05, 4.69) is 86.8 Å². The summed E-state index contributed by atoms with van der Waals surface area (Å²) in [5, 5.41) is 16.0. The maximum absolute atomic E-state index is 14.0. The largest absolute Gasteiger partial charge is 0.453 e. The van der Waals surface area contributed by atoms with Crippen molar-refractivity contribution in [3.8, 4) is 11.5 Å². The zero-order valence-electron chi connectivity index (χ0n) is 38.2. The molecular formula is C49H61N9O7S. The third kappa shape index (κ3) is 9.42. The SMILES string of the molecule is CC(C)c1ccccc1[C@H]1COCCN1C1CC2(CCN(c3ccc(C(=O)NS(=O)(=O)c4cnc(NCC5CCC(C)(C)CC5)c([N+](=O)[O-])c4)c(Oc4cc5cc[nH]c5nc4N)c3)CC2)C1. The predicted octanol–water partition coefficient (Wildman–Crippen LogP) is 8.93. The molecule has 9 rings (SSSR count). The molecule has 17 heteroatoms. The molecule has 2 saturated heterocycles. The van der Waals surface area contributed by atoms with Crippen LogP contribution in [0.15, 0.2) is 78.0 Å². The number of benzene rings is 2. The zero-order chi connectivity index (χ0) is 46.4. The van der Waals surface area contributed by atoms with Gasteiger partial charge in [-0.3, -0.25) is 19.8 Å². The van der Waals surface area contributed by atoms with Gasteiger partial charge < -0.3 is 30.4 Å². The van der Waals surface area contributed by atoms with Crippen LogP contribution < -0.4 is 25.4 Å². The van der Waals surface area contributed by atoms with Crippen LogP contribution in [0.5, 0.6) is 11.5 Å². The van der Waals surface area contributed by atoms with Gasteiger partial charge >= 0.3 is 5.69 Å². The fourth-order valence-corrected chi connectivity index (χ4v) is 11.6. The van der Waals surface area contributed by atoms with Gasteiger partial charge in [-0.05, 0) is 109 Å². The number of aromatic nitrogens is 3. The normalized spacial score (nSPS) is 20.3. The number of nitrogens with one attached hydrogen (secondary N) is 3. The third-order valence-electron chi connectivity index (χ3n) is 14.7. The minimum Gasteiger partial charge on any atom is -0.453 e. The minimum atomic E-state index is -4.64. The highest BCUT2D eigenvalue weighted by molar-refractivity contribution is 7.90. The van der Waals surface area contributed by atoms with Crippen LogP contribution in [0, 0.1) is 26.9 Å². The molecule has 1 amide bonds. The number of rotatable bonds is 13. The molecule has 16 nitrogen and oxygen atoms in total. The molecule has 5 N–H and O–H groups in total. The number of H-pyrrole nitrogens is 1. The van der Waals surface area contributed by atoms with Gasteiger partial charge in [0.1, 0.15) is 16.3 Å². The first kappa shape index (κ1) is 45.4. The number of carbonyl (C=O) groups excluding carboxylic acids is 1. The third-order valence-corrected chi connectivity index (χ3v) is 16.0. The average Bonchev–Trinajstić information content (AvgIpc) is 3.74. The lowest BCUT2D eigenvalue weighted by atomic mass is 9.59. The van der Waals surface area contributed by atoms with E-state index >= 15 is 0 Å². The molecule has 1 spiro atoms. The number of hydrogen-bond donors (Lipinski definition) is 4. The van der Waals surface area contributed by atoms with E-state index in [4.69, 9.17) is 15.2 Å². The lowest BCUT2D eigenvalue weighted by molar-refractivity contribution is -0.384. The molecule has 2 aliphatic heterocycles. The fourth-order valence-electron chi connectivity index (χ4n) is 10.6. The molecule has 2 saturated carbocycles. The molecule has 0 bridgehead atoms. The second-order valence-corrected chi connectivity index (χ2v) is 21.6. The molecule has 2 aromatic carbocycles. The number of piperidine rings is 1. The fraction of sp³-hybridized carbons (Fsp3) is 0.490. The van der Waals surface area contributed by atoms with E-state index in [1.807, 2.05) is 6.07 Å². The summed E-state index contributed by atoms with van der Waals surface area (Å²) in [5.74, 6) is 0.0567. The zero-order valence-corrected chi connectivity index (χ0v) is 39.0. The second kappa shape index (κ2) is 18.1. The van der Waals surface area contributed by atoms with Crippen molar-refractivity contribution in [2.75, 3.05) is 55.3 Å². The number of sulfonamides is 1. The Morgan fingerprint density at radius 2 is 1.79 bits per heavy atom. The highest BCUT2D eigenvalue weighted by atomic mass is 32.2. The first-order valence-electron chi connectivity index (χ1n) is 23.3. The number of amides is 1. The van der Waals surface area contributed by atoms with Crippen LogP contribution in [-0.2, 0) is 14.8 Å². The summed E-state index contributed by atoms with van der Waals surface area (Å²) >= 11 is 0. The van der Waals surface area contributed by atoms with Crippen LogP contribution >= 0.6 is 0 Å². The molecule has 4 fully saturated rings. The Hall–Kier alpha value is -5.78. The number of carbonyl (C=O) groups is 1. The number of fused-ring (bicyclic) bond motifs is 1. The van der Waals surface area contributed by atoms with E-state index in [9.17, 15) is 23.3 Å². The van der Waals surface area contributed by atoms with E-state index in [0.29, 0.717) is 36.7 Å². The van der Waals surface area contributed by atoms with Gasteiger partial charge in [-0.2, -0.15) is 0 Å². The number of nitro groups is 1. The van der Waals surface area contributed by atoms with Crippen LogP contribution in [-0.4, -0.2) is 84.5 Å². The number of nitrogens with zero attached hydrogens (tertiary/aromatic N) is 5. The summed E-state index contributed by atoms with van der Waals surface area (Å²) in [4.78, 5) is 41.6. The molecular weight excluding hydrogens is 859 g/mol. The van der Waals surface area contributed by atoms with Gasteiger partial charge in [-0.1, -0.05) is 52.0 Å². The number of hydrogen-bond acceptors (Lipinski definition) is 13. The van der Waals surface area contributed by atoms with Gasteiger partial charge in [-0.15, -0.1) is 0 Å². The van der Waals surface area contributed by atoms with Gasteiger partial charge in [-0.25, -0.2) is 23.1 Å². The number of anilines is 3. The average molecular weight is 920 g/mol. The summed E-state index contributed by atoms with van der Waals surface area (Å²) in [5.41, 5.74) is 10.4. The number of aromatic amines is 1. The van der Waals surface area contributed by atoms with Crippen molar-refractivity contribution in [1.82, 2.24) is 24.6 Å². The number of pyridine rings is 2. The second-order valence-electron chi connectivity index (χ2n) is 20.0. The molecule has 3 aromatic heterocycles. The number of nitrogens with two attached hydrogens (primary N) is 1. The standard InChI is InChI=1S/C49H61N9O7S/c1-31(2)37-7-5-6-8-38(37)41-30-64-22-21-57(41)35-26-49(27-35)16-19-56(20-17-49)34-9-10-39(42(24-34)65-43-23-33-13-18-51-45(33)54-44(43)50)47(59)55-66(62,63)36-25-40(58(60)61)46(53-29-36)52-28-32-11-14-48(3,4)15-12-32/h5-10,13,18,23-25,29,31-32,35,41H,11-12,14-17,19-22,26-28,30H2,1-4H3,(H,52,53)(H,55,59)(H3,50,51,54)/t41-/m1/s1. The molecule has 4 aliphatic rings. The van der Waals surface area contributed by atoms with Gasteiger partial charge in [0.25, 0.3) is 15.9 Å². The molecule has 1 atom stereocenters. The summed E-state index contributed by atoms with van der Waals surface area (Å²) in [6, 6.07) is 19.0. The van der Waals surface area contributed by atoms with Gasteiger partial charge in [0.05, 0.1) is 35.9 Å². The summed E-state index contributed by atoms with van der Waals surface area (Å²) in [7, 11) is -4.64. The summed E-state index contributed by atoms with van der Waals surface area (Å²) < 4.78 is 42.0. The molecule has 5 heterocycles. The molecule has 0 radical (unpaired) electrons. The van der Waals surface area contributed by atoms with Crippen molar-refractivity contribution in [1.29, 1.82) is 0 Å². The van der Waals surface area contributed by atoms with Crippen molar-refractivity contribution in [3.05, 3.63) is 99.9 Å². The molecule has 5 aromatic rings. The molecule has 66 heavy (non-hydrogen) atoms. The van der Waals surface area contributed by atoms with Crippen LogP contribution in [0.25, 0.3) is 11.0 Å². The topological polar surface area (TPSA) is 211 Å². The van der Waals surface area contributed by atoms with E-state index in [1.165, 1.54) is 17.2 Å². The van der Waals surface area contributed by atoms with E-state index in [-0.39, 0.29) is 45.6 Å². The lowest BCUT2D eigenvalue weighted by Crippen LogP contribution is -2.58. The summed E-state index contributed by atoms with van der Waals surface area (Å²) in [6.45, 7) is 13.4. The minimum absolute atomic E-state index is 0.0262. The molecule has 350 valence electrons. The van der Waals surface area contributed by atoms with Gasteiger partial charge in [0, 0.05) is 61.6 Å². The van der Waals surface area contributed by atoms with Gasteiger partial charge in [0.2, 0.25) is 5.82 Å². The Labute approximate surface area is 386 Å². The maximum Gasteiger partial charge on any atom is 0.312 e. The quantitative estimate of drug-likeness (QED) is 0.0643. The maximum atomic E-state index is 14.0. The van der Waals surface area contributed by atoms with Crippen LogP contribution in [0.1, 0.15) is 113 Å². The van der Waals surface area contributed by atoms with Crippen molar-refractivity contribution < 1.29 is 27.6 Å². The van der Waals surface area contributed by atoms with E-state index in [0.717, 1.165) is 101 Å². The Morgan fingerprint density at radius 1 is 1.03 bits per heavy atom. The number of nitrogen functional groups attached to an aromatic ring is 1. The first-order valence-corrected chi connectivity index (χ1v) is 24.7. The molecule has 0 unspecified atom stereocenters. The van der Waals surface area contributed by atoms with Crippen molar-refractivity contribution in [3.63, 3.8) is 0 Å². The van der Waals surface area contributed by atoms with Gasteiger partial charge in [0.15, 0.2) is 11.6 Å². The first-order chi connectivity index (χ1) is 31.6. The highest BCUT2D eigenvalue weighted by Crippen LogP contribution is 2.53. The lowest BCUT2D eigenvalue weighted by Gasteiger charge is -2.57. The number of morpholine rings is 1. The summed E-state index contributed by atoms with van der Waals surface area (Å²) in [6.07, 6.45) is 11.1. The van der Waals surface area contributed by atoms with E-state index in [1.54, 1.807) is 24.4 Å². The Kier molecular flexibility index (Phi) is 12.5. The Bertz CT molecular complexity index is 2710. The molecule has 2 aliphatic carbocycles. The van der Waals surface area contributed by atoms with Crippen molar-refractivity contribution >= 4 is 50.0 Å². The van der Waals surface area contributed by atoms with Crippen LogP contribution in [0.3, 0.4) is 0 Å². The van der Waals surface area contributed by atoms with Crippen LogP contribution in [0.2, 0.25) is 0 Å². The number of ether oxygens (including phenoxy) is 2. The van der Waals surface area contributed by atoms with E-state index < -0.39 is 31.4 Å². The van der Waals surface area contributed by atoms with Crippen molar-refractivity contribution in [2.24, 2.45) is 16.7 Å². The van der Waals surface area contributed by atoms with Crippen molar-refractivity contribution in [2.45, 2.75) is 102 Å². The Balaban J connectivity index is 0.910. The predicted molar refractivity (Wildman–Crippen MR) is 254 cm³/mol. The highest BCUT2D eigenvalue weighted by Gasteiger charge is 2.50. The smallest absolute Gasteiger partial charge is 0.312 e.